The minimum absolute atomic E-state index is 0.620. The monoisotopic (exact) mass is 215 g/mol. The fourth-order valence-electron chi connectivity index (χ4n) is 1.70. The van der Waals surface area contributed by atoms with Gasteiger partial charge >= 0.3 is 0 Å². The van der Waals surface area contributed by atoms with Crippen molar-refractivity contribution in [2.24, 2.45) is 0 Å². The predicted octanol–water partition coefficient (Wildman–Crippen LogP) is 0.955. The molecule has 3 nitrogen and oxygen atoms in total. The highest BCUT2D eigenvalue weighted by molar-refractivity contribution is 7.80. The van der Waals surface area contributed by atoms with E-state index in [1.165, 1.54) is 25.7 Å². The molecule has 0 amide bonds. The molecule has 1 rings (SSSR count). The summed E-state index contributed by atoms with van der Waals surface area (Å²) in [6.45, 7) is 1.94. The zero-order valence-corrected chi connectivity index (χ0v) is 9.99. The number of hydrogen-bond donors (Lipinski definition) is 2. The van der Waals surface area contributed by atoms with Crippen LogP contribution in [0.15, 0.2) is 0 Å². The van der Waals surface area contributed by atoms with Gasteiger partial charge in [-0.2, -0.15) is 0 Å². The molecule has 0 aromatic heterocycles. The molecule has 0 aromatic rings. The fraction of sp³-hybridized carbons (Fsp3) is 0.900. The zero-order valence-electron chi connectivity index (χ0n) is 9.18. The van der Waals surface area contributed by atoms with E-state index in [-0.39, 0.29) is 0 Å². The molecule has 1 aliphatic rings. The third-order valence-electron chi connectivity index (χ3n) is 2.53. The molecule has 14 heavy (non-hydrogen) atoms. The summed E-state index contributed by atoms with van der Waals surface area (Å²) in [5, 5.41) is 7.39. The molecule has 82 valence electrons. The lowest BCUT2D eigenvalue weighted by Crippen LogP contribution is -2.42. The molecule has 0 atom stereocenters. The van der Waals surface area contributed by atoms with E-state index in [1.54, 1.807) is 0 Å². The van der Waals surface area contributed by atoms with E-state index >= 15 is 0 Å². The van der Waals surface area contributed by atoms with Gasteiger partial charge in [0.15, 0.2) is 5.11 Å². The molecular formula is C10H21N3S. The molecule has 2 N–H and O–H groups in total. The Morgan fingerprint density at radius 1 is 1.36 bits per heavy atom. The van der Waals surface area contributed by atoms with Gasteiger partial charge in [0.1, 0.15) is 0 Å². The van der Waals surface area contributed by atoms with Crippen molar-refractivity contribution < 1.29 is 0 Å². The molecule has 0 unspecified atom stereocenters. The summed E-state index contributed by atoms with van der Waals surface area (Å²) in [6.07, 6.45) is 5.24. The van der Waals surface area contributed by atoms with Crippen LogP contribution in [0.4, 0.5) is 0 Å². The highest BCUT2D eigenvalue weighted by Gasteiger charge is 2.14. The number of thiocarbonyl (C=S) groups is 1. The standard InChI is InChI=1S/C10H21N3S/c1-13(2)8-7-11-10(14)12-9-5-3-4-6-9/h9H,3-8H2,1-2H3,(H2,11,12,14). The number of likely N-dealkylation sites (N-methyl/N-ethyl adjacent to an activating group) is 1. The van der Waals surface area contributed by atoms with Crippen molar-refractivity contribution in [3.8, 4) is 0 Å². The van der Waals surface area contributed by atoms with Gasteiger partial charge in [0, 0.05) is 19.1 Å². The molecule has 1 fully saturated rings. The first-order valence-electron chi connectivity index (χ1n) is 5.37. The van der Waals surface area contributed by atoms with Crippen molar-refractivity contribution in [1.82, 2.24) is 15.5 Å². The summed E-state index contributed by atoms with van der Waals surface area (Å²) in [5.41, 5.74) is 0. The van der Waals surface area contributed by atoms with E-state index < -0.39 is 0 Å². The summed E-state index contributed by atoms with van der Waals surface area (Å²) in [7, 11) is 4.13. The lowest BCUT2D eigenvalue weighted by atomic mass is 10.3. The van der Waals surface area contributed by atoms with Crippen molar-refractivity contribution in [3.05, 3.63) is 0 Å². The molecule has 4 heteroatoms. The largest absolute Gasteiger partial charge is 0.361 e. The van der Waals surface area contributed by atoms with Gasteiger partial charge in [0.25, 0.3) is 0 Å². The number of nitrogens with zero attached hydrogens (tertiary/aromatic N) is 1. The maximum Gasteiger partial charge on any atom is 0.166 e. The van der Waals surface area contributed by atoms with Crippen LogP contribution in [0.2, 0.25) is 0 Å². The molecule has 1 aliphatic carbocycles. The average Bonchev–Trinajstić information content (AvgIpc) is 2.56. The zero-order chi connectivity index (χ0) is 10.4. The summed E-state index contributed by atoms with van der Waals surface area (Å²) in [6, 6.07) is 0.620. The first-order valence-corrected chi connectivity index (χ1v) is 5.78. The normalized spacial score (nSPS) is 17.4. The van der Waals surface area contributed by atoms with Gasteiger partial charge in [0.2, 0.25) is 0 Å². The minimum Gasteiger partial charge on any atom is -0.361 e. The fourth-order valence-corrected chi connectivity index (χ4v) is 1.97. The Morgan fingerprint density at radius 2 is 2.00 bits per heavy atom. The van der Waals surface area contributed by atoms with Crippen molar-refractivity contribution in [2.45, 2.75) is 31.7 Å². The minimum atomic E-state index is 0.620. The number of rotatable bonds is 4. The van der Waals surface area contributed by atoms with E-state index in [9.17, 15) is 0 Å². The molecule has 0 spiro atoms. The van der Waals surface area contributed by atoms with E-state index in [0.717, 1.165) is 18.2 Å². The van der Waals surface area contributed by atoms with Gasteiger partial charge in [-0.3, -0.25) is 0 Å². The van der Waals surface area contributed by atoms with Gasteiger partial charge in [-0.05, 0) is 39.2 Å². The third kappa shape index (κ3) is 4.77. The van der Waals surface area contributed by atoms with E-state index in [4.69, 9.17) is 12.2 Å². The highest BCUT2D eigenvalue weighted by atomic mass is 32.1. The van der Waals surface area contributed by atoms with Crippen LogP contribution in [-0.4, -0.2) is 43.2 Å². The number of hydrogen-bond acceptors (Lipinski definition) is 2. The van der Waals surface area contributed by atoms with Crippen molar-refractivity contribution in [1.29, 1.82) is 0 Å². The lowest BCUT2D eigenvalue weighted by molar-refractivity contribution is 0.412. The Labute approximate surface area is 92.2 Å². The smallest absolute Gasteiger partial charge is 0.166 e. The Kier molecular flexibility index (Phi) is 5.19. The van der Waals surface area contributed by atoms with Crippen LogP contribution >= 0.6 is 12.2 Å². The molecule has 1 saturated carbocycles. The molecule has 0 aromatic carbocycles. The summed E-state index contributed by atoms with van der Waals surface area (Å²) in [5.74, 6) is 0. The topological polar surface area (TPSA) is 27.3 Å². The lowest BCUT2D eigenvalue weighted by Gasteiger charge is -2.16. The SMILES string of the molecule is CN(C)CCNC(=S)NC1CCCC1. The van der Waals surface area contributed by atoms with Crippen LogP contribution < -0.4 is 10.6 Å². The second kappa shape index (κ2) is 6.19. The average molecular weight is 215 g/mol. The van der Waals surface area contributed by atoms with E-state index in [1.807, 2.05) is 0 Å². The van der Waals surface area contributed by atoms with Gasteiger partial charge in [-0.25, -0.2) is 0 Å². The van der Waals surface area contributed by atoms with Crippen molar-refractivity contribution >= 4 is 17.3 Å². The van der Waals surface area contributed by atoms with Crippen LogP contribution in [0.25, 0.3) is 0 Å². The molecule has 0 heterocycles. The summed E-state index contributed by atoms with van der Waals surface area (Å²) >= 11 is 5.20. The molecule has 0 aliphatic heterocycles. The van der Waals surface area contributed by atoms with Crippen LogP contribution in [0.1, 0.15) is 25.7 Å². The Hall–Kier alpha value is -0.350. The molecule has 0 radical (unpaired) electrons. The molecule has 0 bridgehead atoms. The van der Waals surface area contributed by atoms with Crippen LogP contribution in [0.3, 0.4) is 0 Å². The van der Waals surface area contributed by atoms with Crippen LogP contribution in [0, 0.1) is 0 Å². The van der Waals surface area contributed by atoms with E-state index in [2.05, 4.69) is 29.6 Å². The number of nitrogens with one attached hydrogen (secondary N) is 2. The quantitative estimate of drug-likeness (QED) is 0.683. The Morgan fingerprint density at radius 3 is 2.57 bits per heavy atom. The summed E-state index contributed by atoms with van der Waals surface area (Å²) in [4.78, 5) is 2.14. The van der Waals surface area contributed by atoms with Crippen LogP contribution in [0.5, 0.6) is 0 Å². The maximum atomic E-state index is 5.20. The predicted molar refractivity (Wildman–Crippen MR) is 64.5 cm³/mol. The second-order valence-corrected chi connectivity index (χ2v) is 4.59. The van der Waals surface area contributed by atoms with Gasteiger partial charge in [-0.1, -0.05) is 12.8 Å². The molecular weight excluding hydrogens is 194 g/mol. The first kappa shape index (κ1) is 11.7. The van der Waals surface area contributed by atoms with Gasteiger partial charge in [-0.15, -0.1) is 0 Å². The van der Waals surface area contributed by atoms with Crippen molar-refractivity contribution in [3.63, 3.8) is 0 Å². The third-order valence-corrected chi connectivity index (χ3v) is 2.80. The van der Waals surface area contributed by atoms with E-state index in [0.29, 0.717) is 6.04 Å². The van der Waals surface area contributed by atoms with Crippen LogP contribution in [-0.2, 0) is 0 Å². The summed E-state index contributed by atoms with van der Waals surface area (Å²) < 4.78 is 0. The van der Waals surface area contributed by atoms with Crippen molar-refractivity contribution in [2.75, 3.05) is 27.2 Å². The first-order chi connectivity index (χ1) is 6.68. The molecule has 0 saturated heterocycles. The second-order valence-electron chi connectivity index (χ2n) is 4.18. The van der Waals surface area contributed by atoms with Gasteiger partial charge in [0.05, 0.1) is 0 Å². The highest BCUT2D eigenvalue weighted by Crippen LogP contribution is 2.17. The maximum absolute atomic E-state index is 5.20. The van der Waals surface area contributed by atoms with Gasteiger partial charge < -0.3 is 15.5 Å². The Bertz CT molecular complexity index is 176. The Balaban J connectivity index is 2.03.